The minimum Gasteiger partial charge on any atom is -0.376 e. The highest BCUT2D eigenvalue weighted by Crippen LogP contribution is 2.24. The molecule has 7 heteroatoms. The number of nitrogens with zero attached hydrogens (tertiary/aromatic N) is 1. The molecule has 0 amide bonds. The monoisotopic (exact) mass is 323 g/mol. The molecular weight excluding hydrogens is 317 g/mol. The quantitative estimate of drug-likeness (QED) is 0.376. The Bertz CT molecular complexity index is 397. The van der Waals surface area contributed by atoms with E-state index in [1.165, 1.54) is 6.07 Å². The molecule has 0 aromatic heterocycles. The number of nitrogens with two attached hydrogens (primary N) is 1. The van der Waals surface area contributed by atoms with Crippen molar-refractivity contribution in [2.75, 3.05) is 5.32 Å². The first-order chi connectivity index (χ1) is 6.50. The van der Waals surface area contributed by atoms with E-state index in [0.717, 1.165) is 0 Å². The van der Waals surface area contributed by atoms with Crippen LogP contribution in [-0.4, -0.2) is 10.0 Å². The van der Waals surface area contributed by atoms with E-state index in [1.54, 1.807) is 12.1 Å². The average Bonchev–Trinajstić information content (AvgIpc) is 2.07. The van der Waals surface area contributed by atoms with Crippen LogP contribution in [0.5, 0.6) is 0 Å². The number of hydrogen-bond acceptors (Lipinski definition) is 3. The molecule has 0 heterocycles. The Morgan fingerprint density at radius 3 is 2.79 bits per heavy atom. The van der Waals surface area contributed by atoms with Gasteiger partial charge in [-0.2, -0.15) is 0 Å². The molecule has 14 heavy (non-hydrogen) atoms. The van der Waals surface area contributed by atoms with Crippen LogP contribution in [0.15, 0.2) is 18.2 Å². The third-order valence-corrected chi connectivity index (χ3v) is 2.42. The van der Waals surface area contributed by atoms with Gasteiger partial charge in [0.05, 0.1) is 8.49 Å². The van der Waals surface area contributed by atoms with E-state index in [-0.39, 0.29) is 10.8 Å². The molecule has 3 N–H and O–H groups in total. The minimum atomic E-state index is -0.452. The van der Waals surface area contributed by atoms with Gasteiger partial charge in [0.25, 0.3) is 5.69 Å². The van der Waals surface area contributed by atoms with Crippen molar-refractivity contribution in [1.82, 2.24) is 0 Å². The van der Waals surface area contributed by atoms with E-state index in [2.05, 4.69) is 17.5 Å². The second-order valence-corrected chi connectivity index (χ2v) is 4.01. The van der Waals surface area contributed by atoms with Gasteiger partial charge in [0, 0.05) is 11.8 Å². The Balaban J connectivity index is 3.06. The number of thiocarbonyl (C=S) groups is 1. The zero-order valence-electron chi connectivity index (χ0n) is 6.86. The standard InChI is InChI=1S/C7H6IN3O2S/c8-5-2-1-4(10-7(9)14)3-6(5)11(12)13/h1-3H,(H3,9,10,14). The highest BCUT2D eigenvalue weighted by molar-refractivity contribution is 14.1. The molecule has 0 aliphatic carbocycles. The molecule has 1 aromatic rings. The summed E-state index contributed by atoms with van der Waals surface area (Å²) in [5.41, 5.74) is 5.79. The van der Waals surface area contributed by atoms with E-state index in [1.807, 2.05) is 22.6 Å². The van der Waals surface area contributed by atoms with E-state index >= 15 is 0 Å². The van der Waals surface area contributed by atoms with Crippen LogP contribution in [0, 0.1) is 13.7 Å². The molecule has 0 aliphatic rings. The predicted octanol–water partition coefficient (Wildman–Crippen LogP) is 1.85. The number of rotatable bonds is 2. The van der Waals surface area contributed by atoms with Gasteiger partial charge in [-0.25, -0.2) is 0 Å². The van der Waals surface area contributed by atoms with Crippen LogP contribution in [0.25, 0.3) is 0 Å². The third-order valence-electron chi connectivity index (χ3n) is 1.41. The van der Waals surface area contributed by atoms with Gasteiger partial charge in [0.2, 0.25) is 0 Å². The fourth-order valence-corrected chi connectivity index (χ4v) is 1.52. The van der Waals surface area contributed by atoms with Gasteiger partial charge in [0.1, 0.15) is 0 Å². The number of halogens is 1. The van der Waals surface area contributed by atoms with Crippen molar-refractivity contribution in [3.05, 3.63) is 31.9 Å². The second kappa shape index (κ2) is 4.51. The van der Waals surface area contributed by atoms with Crippen molar-refractivity contribution in [1.29, 1.82) is 0 Å². The second-order valence-electron chi connectivity index (χ2n) is 2.41. The van der Waals surface area contributed by atoms with Gasteiger partial charge in [-0.1, -0.05) is 0 Å². The highest BCUT2D eigenvalue weighted by Gasteiger charge is 2.11. The number of anilines is 1. The third kappa shape index (κ3) is 2.77. The number of hydrogen-bond donors (Lipinski definition) is 2. The highest BCUT2D eigenvalue weighted by atomic mass is 127. The topological polar surface area (TPSA) is 81.2 Å². The van der Waals surface area contributed by atoms with Crippen LogP contribution in [0.1, 0.15) is 0 Å². The predicted molar refractivity (Wildman–Crippen MR) is 66.2 cm³/mol. The van der Waals surface area contributed by atoms with Crippen LogP contribution in [0.4, 0.5) is 11.4 Å². The van der Waals surface area contributed by atoms with Crippen LogP contribution in [0.3, 0.4) is 0 Å². The van der Waals surface area contributed by atoms with Crippen molar-refractivity contribution < 1.29 is 4.92 Å². The maximum absolute atomic E-state index is 10.6. The normalized spacial score (nSPS) is 9.50. The summed E-state index contributed by atoms with van der Waals surface area (Å²) in [6, 6.07) is 4.69. The molecule has 0 aliphatic heterocycles. The Labute approximate surface area is 99.0 Å². The Morgan fingerprint density at radius 1 is 1.64 bits per heavy atom. The molecule has 5 nitrogen and oxygen atoms in total. The van der Waals surface area contributed by atoms with Crippen molar-refractivity contribution in [2.24, 2.45) is 5.73 Å². The van der Waals surface area contributed by atoms with Gasteiger partial charge >= 0.3 is 0 Å². The Hall–Kier alpha value is -0.960. The van der Waals surface area contributed by atoms with Crippen LogP contribution >= 0.6 is 34.8 Å². The Kier molecular flexibility index (Phi) is 3.58. The molecule has 0 atom stereocenters. The molecule has 0 unspecified atom stereocenters. The van der Waals surface area contributed by atoms with E-state index in [9.17, 15) is 10.1 Å². The first-order valence-electron chi connectivity index (χ1n) is 3.51. The van der Waals surface area contributed by atoms with Crippen LogP contribution < -0.4 is 11.1 Å². The summed E-state index contributed by atoms with van der Waals surface area (Å²) in [5, 5.41) is 13.3. The average molecular weight is 323 g/mol. The SMILES string of the molecule is NC(=S)Nc1ccc(I)c([N+](=O)[O-])c1. The van der Waals surface area contributed by atoms with E-state index in [4.69, 9.17) is 5.73 Å². The van der Waals surface area contributed by atoms with Gasteiger partial charge in [-0.3, -0.25) is 10.1 Å². The summed E-state index contributed by atoms with van der Waals surface area (Å²) < 4.78 is 0.570. The zero-order chi connectivity index (χ0) is 10.7. The van der Waals surface area contributed by atoms with E-state index < -0.39 is 4.92 Å². The van der Waals surface area contributed by atoms with Crippen LogP contribution in [-0.2, 0) is 0 Å². The molecule has 0 bridgehead atoms. The number of nitrogens with one attached hydrogen (secondary N) is 1. The van der Waals surface area contributed by atoms with Crippen molar-refractivity contribution in [3.8, 4) is 0 Å². The fraction of sp³-hybridized carbons (Fsp3) is 0. The molecule has 1 rings (SSSR count). The lowest BCUT2D eigenvalue weighted by atomic mass is 10.3. The summed E-state index contributed by atoms with van der Waals surface area (Å²) in [7, 11) is 0. The van der Waals surface area contributed by atoms with Gasteiger partial charge in [-0.15, -0.1) is 0 Å². The summed E-state index contributed by atoms with van der Waals surface area (Å²) in [6.07, 6.45) is 0. The van der Waals surface area contributed by atoms with Crippen molar-refractivity contribution >= 4 is 51.3 Å². The largest absolute Gasteiger partial charge is 0.376 e. The number of benzene rings is 1. The lowest BCUT2D eigenvalue weighted by Gasteiger charge is -2.03. The van der Waals surface area contributed by atoms with Crippen molar-refractivity contribution in [2.45, 2.75) is 0 Å². The molecule has 0 saturated carbocycles. The minimum absolute atomic E-state index is 0.0341. The molecule has 0 radical (unpaired) electrons. The molecular formula is C7H6IN3O2S. The molecule has 0 saturated heterocycles. The smallest absolute Gasteiger partial charge is 0.284 e. The fourth-order valence-electron chi connectivity index (χ4n) is 0.873. The van der Waals surface area contributed by atoms with E-state index in [0.29, 0.717) is 9.26 Å². The molecule has 0 fully saturated rings. The summed E-state index contributed by atoms with van der Waals surface area (Å²) in [5.74, 6) is 0. The maximum atomic E-state index is 10.6. The Morgan fingerprint density at radius 2 is 2.29 bits per heavy atom. The van der Waals surface area contributed by atoms with Gasteiger partial charge in [-0.05, 0) is 46.9 Å². The maximum Gasteiger partial charge on any atom is 0.284 e. The van der Waals surface area contributed by atoms with Gasteiger partial charge < -0.3 is 11.1 Å². The summed E-state index contributed by atoms with van der Waals surface area (Å²) in [4.78, 5) is 10.1. The lowest BCUT2D eigenvalue weighted by molar-refractivity contribution is -0.385. The first kappa shape index (κ1) is 11.1. The zero-order valence-corrected chi connectivity index (χ0v) is 9.83. The summed E-state index contributed by atoms with van der Waals surface area (Å²) in [6.45, 7) is 0. The first-order valence-corrected chi connectivity index (χ1v) is 5.00. The molecule has 74 valence electrons. The number of nitro benzene ring substituents is 1. The lowest BCUT2D eigenvalue weighted by Crippen LogP contribution is -2.18. The number of nitro groups is 1. The van der Waals surface area contributed by atoms with Crippen LogP contribution in [0.2, 0.25) is 0 Å². The molecule has 1 aromatic carbocycles. The van der Waals surface area contributed by atoms with Crippen molar-refractivity contribution in [3.63, 3.8) is 0 Å². The molecule has 0 spiro atoms. The summed E-state index contributed by atoms with van der Waals surface area (Å²) >= 11 is 6.51. The van der Waals surface area contributed by atoms with Gasteiger partial charge in [0.15, 0.2) is 5.11 Å².